The van der Waals surface area contributed by atoms with Crippen molar-refractivity contribution in [2.75, 3.05) is 0 Å². The summed E-state index contributed by atoms with van der Waals surface area (Å²) in [6, 6.07) is 3.68. The summed E-state index contributed by atoms with van der Waals surface area (Å²) in [5, 5.41) is 9.89. The SMILES string of the molecule is c1coc(-c2nc3c4cnn(CCC5CCCC5)c4ncn3n2)c1. The minimum absolute atomic E-state index is 0.563. The highest BCUT2D eigenvalue weighted by Crippen LogP contribution is 2.28. The van der Waals surface area contributed by atoms with Crippen LogP contribution in [0.5, 0.6) is 0 Å². The molecule has 5 rings (SSSR count). The Labute approximate surface area is 138 Å². The third-order valence-corrected chi connectivity index (χ3v) is 4.94. The second-order valence-electron chi connectivity index (χ2n) is 6.47. The predicted molar refractivity (Wildman–Crippen MR) is 88.4 cm³/mol. The van der Waals surface area contributed by atoms with Crippen molar-refractivity contribution in [2.45, 2.75) is 38.6 Å². The average Bonchev–Trinajstić information content (AvgIpc) is 3.39. The Morgan fingerprint density at radius 2 is 2.12 bits per heavy atom. The maximum atomic E-state index is 5.38. The summed E-state index contributed by atoms with van der Waals surface area (Å²) < 4.78 is 9.06. The Bertz CT molecular complexity index is 977. The molecule has 0 N–H and O–H groups in total. The smallest absolute Gasteiger partial charge is 0.217 e. The molecule has 1 fully saturated rings. The molecule has 0 saturated heterocycles. The number of furan rings is 1. The lowest BCUT2D eigenvalue weighted by Crippen LogP contribution is -2.06. The largest absolute Gasteiger partial charge is 0.461 e. The Morgan fingerprint density at radius 1 is 1.21 bits per heavy atom. The van der Waals surface area contributed by atoms with Gasteiger partial charge in [-0.2, -0.15) is 5.10 Å². The summed E-state index contributed by atoms with van der Waals surface area (Å²) in [5.41, 5.74) is 1.64. The van der Waals surface area contributed by atoms with Gasteiger partial charge in [0.05, 0.1) is 17.8 Å². The van der Waals surface area contributed by atoms with Gasteiger partial charge in [0.2, 0.25) is 5.82 Å². The highest BCUT2D eigenvalue weighted by Gasteiger charge is 2.17. The van der Waals surface area contributed by atoms with Crippen LogP contribution in [-0.2, 0) is 6.54 Å². The van der Waals surface area contributed by atoms with Gasteiger partial charge >= 0.3 is 0 Å². The van der Waals surface area contributed by atoms with Crippen molar-refractivity contribution in [1.29, 1.82) is 0 Å². The van der Waals surface area contributed by atoms with Crippen molar-refractivity contribution in [1.82, 2.24) is 29.4 Å². The minimum atomic E-state index is 0.563. The monoisotopic (exact) mass is 322 g/mol. The summed E-state index contributed by atoms with van der Waals surface area (Å²) in [6.45, 7) is 0.913. The Hall–Kier alpha value is -2.70. The van der Waals surface area contributed by atoms with Crippen LogP contribution >= 0.6 is 0 Å². The van der Waals surface area contributed by atoms with Gasteiger partial charge in [-0.1, -0.05) is 25.7 Å². The number of fused-ring (bicyclic) bond motifs is 3. The van der Waals surface area contributed by atoms with E-state index >= 15 is 0 Å². The molecule has 4 heterocycles. The molecule has 1 aliphatic rings. The van der Waals surface area contributed by atoms with E-state index in [4.69, 9.17) is 4.42 Å². The number of aromatic nitrogens is 6. The second-order valence-corrected chi connectivity index (χ2v) is 6.47. The molecule has 0 aromatic carbocycles. The van der Waals surface area contributed by atoms with Gasteiger partial charge in [0.15, 0.2) is 17.1 Å². The lowest BCUT2D eigenvalue weighted by Gasteiger charge is -2.08. The summed E-state index contributed by atoms with van der Waals surface area (Å²) in [6.07, 6.45) is 11.8. The van der Waals surface area contributed by atoms with E-state index in [0.717, 1.165) is 29.1 Å². The Balaban J connectivity index is 1.51. The maximum absolute atomic E-state index is 5.38. The van der Waals surface area contributed by atoms with Gasteiger partial charge in [-0.05, 0) is 24.5 Å². The van der Waals surface area contributed by atoms with E-state index in [0.29, 0.717) is 11.6 Å². The van der Waals surface area contributed by atoms with Crippen molar-refractivity contribution in [3.8, 4) is 11.6 Å². The van der Waals surface area contributed by atoms with Crippen molar-refractivity contribution in [3.05, 3.63) is 30.9 Å². The van der Waals surface area contributed by atoms with Crippen molar-refractivity contribution in [3.63, 3.8) is 0 Å². The van der Waals surface area contributed by atoms with E-state index in [9.17, 15) is 0 Å². The fourth-order valence-electron chi connectivity index (χ4n) is 3.65. The first-order valence-corrected chi connectivity index (χ1v) is 8.49. The maximum Gasteiger partial charge on any atom is 0.217 e. The van der Waals surface area contributed by atoms with Crippen LogP contribution in [0.3, 0.4) is 0 Å². The van der Waals surface area contributed by atoms with Gasteiger partial charge in [0, 0.05) is 6.54 Å². The zero-order valence-electron chi connectivity index (χ0n) is 13.3. The predicted octanol–water partition coefficient (Wildman–Crippen LogP) is 3.31. The van der Waals surface area contributed by atoms with Crippen LogP contribution in [0.4, 0.5) is 0 Å². The molecule has 122 valence electrons. The molecule has 1 aliphatic carbocycles. The summed E-state index contributed by atoms with van der Waals surface area (Å²) in [4.78, 5) is 9.14. The van der Waals surface area contributed by atoms with Crippen LogP contribution in [0.25, 0.3) is 28.3 Å². The van der Waals surface area contributed by atoms with Crippen LogP contribution in [-0.4, -0.2) is 29.4 Å². The van der Waals surface area contributed by atoms with Crippen LogP contribution in [0.2, 0.25) is 0 Å². The van der Waals surface area contributed by atoms with E-state index in [1.165, 1.54) is 32.1 Å². The topological polar surface area (TPSA) is 74.0 Å². The molecule has 0 bridgehead atoms. The van der Waals surface area contributed by atoms with Gasteiger partial charge in [-0.3, -0.25) is 0 Å². The molecule has 0 atom stereocenters. The third-order valence-electron chi connectivity index (χ3n) is 4.94. The van der Waals surface area contributed by atoms with Crippen molar-refractivity contribution < 1.29 is 4.42 Å². The molecule has 0 radical (unpaired) electrons. The third kappa shape index (κ3) is 2.19. The van der Waals surface area contributed by atoms with Crippen LogP contribution in [0.15, 0.2) is 35.3 Å². The van der Waals surface area contributed by atoms with Crippen LogP contribution in [0, 0.1) is 5.92 Å². The number of aryl methyl sites for hydroxylation is 1. The van der Waals surface area contributed by atoms with Gasteiger partial charge in [-0.25, -0.2) is 19.2 Å². The van der Waals surface area contributed by atoms with Gasteiger partial charge in [-0.15, -0.1) is 5.10 Å². The van der Waals surface area contributed by atoms with Gasteiger partial charge in [0.25, 0.3) is 0 Å². The number of hydrogen-bond donors (Lipinski definition) is 0. The van der Waals surface area contributed by atoms with E-state index < -0.39 is 0 Å². The van der Waals surface area contributed by atoms with E-state index in [-0.39, 0.29) is 0 Å². The molecule has 4 aromatic heterocycles. The minimum Gasteiger partial charge on any atom is -0.461 e. The molecule has 24 heavy (non-hydrogen) atoms. The molecule has 0 aliphatic heterocycles. The molecule has 7 nitrogen and oxygen atoms in total. The average molecular weight is 322 g/mol. The summed E-state index contributed by atoms with van der Waals surface area (Å²) in [5.74, 6) is 2.06. The van der Waals surface area contributed by atoms with Gasteiger partial charge < -0.3 is 4.42 Å². The van der Waals surface area contributed by atoms with E-state index in [1.807, 2.05) is 23.0 Å². The molecule has 0 amide bonds. The number of rotatable bonds is 4. The first-order chi connectivity index (χ1) is 11.9. The highest BCUT2D eigenvalue weighted by atomic mass is 16.3. The van der Waals surface area contributed by atoms with E-state index in [1.54, 1.807) is 17.1 Å². The molecular formula is C17H18N6O. The molecule has 0 spiro atoms. The first-order valence-electron chi connectivity index (χ1n) is 8.49. The normalized spacial score (nSPS) is 15.8. The van der Waals surface area contributed by atoms with Crippen molar-refractivity contribution in [2.24, 2.45) is 5.92 Å². The molecule has 0 unspecified atom stereocenters. The quantitative estimate of drug-likeness (QED) is 0.576. The first kappa shape index (κ1) is 13.7. The van der Waals surface area contributed by atoms with Crippen molar-refractivity contribution >= 4 is 16.7 Å². The lowest BCUT2D eigenvalue weighted by molar-refractivity contribution is 0.444. The summed E-state index contributed by atoms with van der Waals surface area (Å²) >= 11 is 0. The number of hydrogen-bond acceptors (Lipinski definition) is 5. The molecule has 1 saturated carbocycles. The van der Waals surface area contributed by atoms with E-state index in [2.05, 4.69) is 20.2 Å². The molecule has 4 aromatic rings. The standard InChI is InChI=1S/C17H18N6O/c1-2-5-12(4-1)7-8-22-16-13(10-19-22)17-20-15(14-6-3-9-24-14)21-23(17)11-18-16/h3,6,9-12H,1-2,4-5,7-8H2. The van der Waals surface area contributed by atoms with Gasteiger partial charge in [0.1, 0.15) is 6.33 Å². The van der Waals surface area contributed by atoms with Crippen LogP contribution in [0.1, 0.15) is 32.1 Å². The lowest BCUT2D eigenvalue weighted by atomic mass is 10.0. The van der Waals surface area contributed by atoms with Crippen LogP contribution < -0.4 is 0 Å². The molecule has 7 heteroatoms. The fraction of sp³-hybridized carbons (Fsp3) is 0.412. The number of nitrogens with zero attached hydrogens (tertiary/aromatic N) is 6. The summed E-state index contributed by atoms with van der Waals surface area (Å²) in [7, 11) is 0. The highest BCUT2D eigenvalue weighted by molar-refractivity contribution is 5.88. The zero-order chi connectivity index (χ0) is 15.9. The molecular weight excluding hydrogens is 304 g/mol. The Kier molecular flexibility index (Phi) is 3.11. The fourth-order valence-corrected chi connectivity index (χ4v) is 3.65. The Morgan fingerprint density at radius 3 is 2.96 bits per heavy atom. The second kappa shape index (κ2) is 5.43. The zero-order valence-corrected chi connectivity index (χ0v) is 13.3.